The number of nitrogens with zero attached hydrogens (tertiary/aromatic N) is 5. The summed E-state index contributed by atoms with van der Waals surface area (Å²) in [7, 11) is 0. The largest absolute Gasteiger partial charge is 0.461 e. The van der Waals surface area contributed by atoms with Crippen LogP contribution in [-0.4, -0.2) is 36.3 Å². The number of rotatable bonds is 5. The van der Waals surface area contributed by atoms with E-state index in [-0.39, 0.29) is 18.5 Å². The average Bonchev–Trinajstić information content (AvgIpc) is 3.21. The molecule has 0 fully saturated rings. The zero-order chi connectivity index (χ0) is 14.7. The lowest BCUT2D eigenvalue weighted by Crippen LogP contribution is -2.30. The van der Waals surface area contributed by atoms with Gasteiger partial charge in [0.05, 0.1) is 18.5 Å². The van der Waals surface area contributed by atoms with Crippen molar-refractivity contribution >= 4 is 5.91 Å². The van der Waals surface area contributed by atoms with Crippen molar-refractivity contribution in [1.82, 2.24) is 35.7 Å². The standard InChI is InChI=1S/C12H13N7O2/c1-8(9-5-13-14-6-9)15-11(20)7-19-17-12(16-18-19)10-3-2-4-21-10/h2-6,8H,7H2,1H3,(H,13,14)(H,15,20). The van der Waals surface area contributed by atoms with Crippen LogP contribution in [0.1, 0.15) is 18.5 Å². The third kappa shape index (κ3) is 2.96. The van der Waals surface area contributed by atoms with Gasteiger partial charge in [-0.15, -0.1) is 10.2 Å². The van der Waals surface area contributed by atoms with E-state index < -0.39 is 0 Å². The second-order valence-electron chi connectivity index (χ2n) is 4.44. The topological polar surface area (TPSA) is 115 Å². The van der Waals surface area contributed by atoms with Crippen molar-refractivity contribution < 1.29 is 9.21 Å². The van der Waals surface area contributed by atoms with Crippen molar-refractivity contribution in [1.29, 1.82) is 0 Å². The molecule has 0 aliphatic carbocycles. The number of amides is 1. The first-order valence-electron chi connectivity index (χ1n) is 6.32. The van der Waals surface area contributed by atoms with E-state index in [1.807, 2.05) is 6.92 Å². The summed E-state index contributed by atoms with van der Waals surface area (Å²) in [6.07, 6.45) is 4.91. The highest BCUT2D eigenvalue weighted by Crippen LogP contribution is 2.13. The lowest BCUT2D eigenvalue weighted by atomic mass is 10.2. The summed E-state index contributed by atoms with van der Waals surface area (Å²) < 4.78 is 5.16. The summed E-state index contributed by atoms with van der Waals surface area (Å²) in [5.41, 5.74) is 0.895. The number of aromatic amines is 1. The number of carbonyl (C=O) groups is 1. The molecular weight excluding hydrogens is 274 g/mol. The zero-order valence-corrected chi connectivity index (χ0v) is 11.2. The van der Waals surface area contributed by atoms with E-state index in [9.17, 15) is 4.79 Å². The molecule has 0 aliphatic heterocycles. The monoisotopic (exact) mass is 287 g/mol. The summed E-state index contributed by atoms with van der Waals surface area (Å²) >= 11 is 0. The Hall–Kier alpha value is -2.97. The molecular formula is C12H13N7O2. The SMILES string of the molecule is CC(NC(=O)Cn1nnc(-c2ccco2)n1)c1cn[nH]c1. The van der Waals surface area contributed by atoms with Crippen LogP contribution in [0.5, 0.6) is 0 Å². The fourth-order valence-electron chi connectivity index (χ4n) is 1.81. The molecule has 0 aromatic carbocycles. The molecule has 1 unspecified atom stereocenters. The van der Waals surface area contributed by atoms with Gasteiger partial charge in [0.15, 0.2) is 5.76 Å². The number of aromatic nitrogens is 6. The molecule has 2 N–H and O–H groups in total. The Morgan fingerprint density at radius 1 is 1.57 bits per heavy atom. The highest BCUT2D eigenvalue weighted by Gasteiger charge is 2.13. The van der Waals surface area contributed by atoms with Crippen LogP contribution in [0.15, 0.2) is 35.2 Å². The van der Waals surface area contributed by atoms with Gasteiger partial charge >= 0.3 is 0 Å². The molecule has 0 saturated heterocycles. The van der Waals surface area contributed by atoms with E-state index in [4.69, 9.17) is 4.42 Å². The number of hydrogen-bond acceptors (Lipinski definition) is 6. The molecule has 9 heteroatoms. The minimum absolute atomic E-state index is 0.0180. The van der Waals surface area contributed by atoms with E-state index in [0.717, 1.165) is 5.56 Å². The van der Waals surface area contributed by atoms with Gasteiger partial charge in [0.2, 0.25) is 11.7 Å². The van der Waals surface area contributed by atoms with Crippen LogP contribution in [0.25, 0.3) is 11.6 Å². The Morgan fingerprint density at radius 2 is 2.48 bits per heavy atom. The Morgan fingerprint density at radius 3 is 3.19 bits per heavy atom. The number of furan rings is 1. The molecule has 3 aromatic heterocycles. The quantitative estimate of drug-likeness (QED) is 0.707. The molecule has 108 valence electrons. The normalized spacial score (nSPS) is 12.2. The average molecular weight is 287 g/mol. The lowest BCUT2D eigenvalue weighted by Gasteiger charge is -2.11. The summed E-state index contributed by atoms with van der Waals surface area (Å²) in [5.74, 6) is 0.635. The van der Waals surface area contributed by atoms with Crippen LogP contribution < -0.4 is 5.32 Å². The first kappa shape index (κ1) is 13.0. The van der Waals surface area contributed by atoms with Gasteiger partial charge in [-0.25, -0.2) is 0 Å². The summed E-state index contributed by atoms with van der Waals surface area (Å²) in [6, 6.07) is 3.31. The summed E-state index contributed by atoms with van der Waals surface area (Å²) in [5, 5.41) is 21.1. The van der Waals surface area contributed by atoms with Crippen LogP contribution >= 0.6 is 0 Å². The summed E-state index contributed by atoms with van der Waals surface area (Å²) in [6.45, 7) is 1.85. The predicted molar refractivity (Wildman–Crippen MR) is 70.7 cm³/mol. The molecule has 3 rings (SSSR count). The Bertz CT molecular complexity index is 702. The molecule has 0 spiro atoms. The third-order valence-electron chi connectivity index (χ3n) is 2.88. The van der Waals surface area contributed by atoms with Gasteiger partial charge in [0, 0.05) is 11.8 Å². The predicted octanol–water partition coefficient (Wildman–Crippen LogP) is 0.534. The fraction of sp³-hybridized carbons (Fsp3) is 0.250. The Balaban J connectivity index is 1.60. The minimum Gasteiger partial charge on any atom is -0.461 e. The maximum absolute atomic E-state index is 11.9. The van der Waals surface area contributed by atoms with Gasteiger partial charge in [-0.2, -0.15) is 9.90 Å². The fourth-order valence-corrected chi connectivity index (χ4v) is 1.81. The minimum atomic E-state index is -0.216. The molecule has 3 aromatic rings. The number of tetrazole rings is 1. The van der Waals surface area contributed by atoms with Gasteiger partial charge in [-0.1, -0.05) is 0 Å². The number of hydrogen-bond donors (Lipinski definition) is 2. The molecule has 0 radical (unpaired) electrons. The van der Waals surface area contributed by atoms with Crippen molar-refractivity contribution in [2.75, 3.05) is 0 Å². The van der Waals surface area contributed by atoms with Crippen LogP contribution in [-0.2, 0) is 11.3 Å². The third-order valence-corrected chi connectivity index (χ3v) is 2.88. The Kier molecular flexibility index (Phi) is 3.46. The molecule has 9 nitrogen and oxygen atoms in total. The first-order valence-corrected chi connectivity index (χ1v) is 6.32. The zero-order valence-electron chi connectivity index (χ0n) is 11.2. The van der Waals surface area contributed by atoms with Crippen molar-refractivity contribution in [3.8, 4) is 11.6 Å². The second kappa shape index (κ2) is 5.57. The molecule has 0 bridgehead atoms. The van der Waals surface area contributed by atoms with Gasteiger partial charge in [-0.05, 0) is 24.3 Å². The highest BCUT2D eigenvalue weighted by molar-refractivity contribution is 5.76. The molecule has 1 amide bonds. The smallest absolute Gasteiger partial charge is 0.244 e. The van der Waals surface area contributed by atoms with Gasteiger partial charge in [-0.3, -0.25) is 9.89 Å². The van der Waals surface area contributed by atoms with E-state index in [2.05, 4.69) is 30.9 Å². The van der Waals surface area contributed by atoms with E-state index in [0.29, 0.717) is 11.6 Å². The Labute approximate surface area is 119 Å². The number of carbonyl (C=O) groups excluding carboxylic acids is 1. The molecule has 0 aliphatic rings. The van der Waals surface area contributed by atoms with Crippen LogP contribution in [0.4, 0.5) is 0 Å². The molecule has 1 atom stereocenters. The maximum Gasteiger partial charge on any atom is 0.244 e. The van der Waals surface area contributed by atoms with Crippen molar-refractivity contribution in [3.05, 3.63) is 36.4 Å². The highest BCUT2D eigenvalue weighted by atomic mass is 16.3. The maximum atomic E-state index is 11.9. The summed E-state index contributed by atoms with van der Waals surface area (Å²) in [4.78, 5) is 13.1. The number of H-pyrrole nitrogens is 1. The molecule has 0 saturated carbocycles. The van der Waals surface area contributed by atoms with E-state index in [1.54, 1.807) is 24.5 Å². The lowest BCUT2D eigenvalue weighted by molar-refractivity contribution is -0.122. The van der Waals surface area contributed by atoms with E-state index >= 15 is 0 Å². The second-order valence-corrected chi connectivity index (χ2v) is 4.44. The van der Waals surface area contributed by atoms with Crippen LogP contribution in [0, 0.1) is 0 Å². The van der Waals surface area contributed by atoms with Crippen molar-refractivity contribution in [2.45, 2.75) is 19.5 Å². The van der Waals surface area contributed by atoms with E-state index in [1.165, 1.54) is 11.1 Å². The van der Waals surface area contributed by atoms with Crippen molar-refractivity contribution in [2.24, 2.45) is 0 Å². The van der Waals surface area contributed by atoms with Gasteiger partial charge < -0.3 is 9.73 Å². The van der Waals surface area contributed by atoms with Crippen molar-refractivity contribution in [3.63, 3.8) is 0 Å². The van der Waals surface area contributed by atoms with Gasteiger partial charge in [0.1, 0.15) is 6.54 Å². The van der Waals surface area contributed by atoms with Crippen LogP contribution in [0.3, 0.4) is 0 Å². The van der Waals surface area contributed by atoms with Gasteiger partial charge in [0.25, 0.3) is 0 Å². The first-order chi connectivity index (χ1) is 10.2. The number of nitrogens with one attached hydrogen (secondary N) is 2. The molecule has 21 heavy (non-hydrogen) atoms. The molecule has 3 heterocycles. The van der Waals surface area contributed by atoms with Crippen LogP contribution in [0.2, 0.25) is 0 Å².